The summed E-state index contributed by atoms with van der Waals surface area (Å²) in [4.78, 5) is 9.71. The number of hydrogen-bond acceptors (Lipinski definition) is 4. The third-order valence-electron chi connectivity index (χ3n) is 1.36. The van der Waals surface area contributed by atoms with E-state index >= 15 is 0 Å². The predicted octanol–water partition coefficient (Wildman–Crippen LogP) is -0.626. The SMILES string of the molecule is O=CC1=CC=C(CO)S1(=O)=O. The highest BCUT2D eigenvalue weighted by atomic mass is 32.2. The molecule has 1 heterocycles. The molecule has 11 heavy (non-hydrogen) atoms. The van der Waals surface area contributed by atoms with Crippen LogP contribution in [0.25, 0.3) is 0 Å². The van der Waals surface area contributed by atoms with Gasteiger partial charge >= 0.3 is 0 Å². The summed E-state index contributed by atoms with van der Waals surface area (Å²) < 4.78 is 22.1. The van der Waals surface area contributed by atoms with Gasteiger partial charge in [0, 0.05) is 0 Å². The number of aldehydes is 1. The van der Waals surface area contributed by atoms with Crippen molar-refractivity contribution in [2.45, 2.75) is 0 Å². The van der Waals surface area contributed by atoms with E-state index in [9.17, 15) is 13.2 Å². The summed E-state index contributed by atoms with van der Waals surface area (Å²) in [6.45, 7) is -0.559. The van der Waals surface area contributed by atoms with Crippen molar-refractivity contribution in [2.24, 2.45) is 0 Å². The quantitative estimate of drug-likeness (QED) is 0.566. The highest BCUT2D eigenvalue weighted by molar-refractivity contribution is 8.00. The highest BCUT2D eigenvalue weighted by Gasteiger charge is 2.25. The van der Waals surface area contributed by atoms with Gasteiger partial charge in [-0.2, -0.15) is 0 Å². The molecule has 0 spiro atoms. The minimum absolute atomic E-state index is 0.125. The van der Waals surface area contributed by atoms with Gasteiger partial charge in [-0.15, -0.1) is 0 Å². The Kier molecular flexibility index (Phi) is 1.92. The summed E-state index contributed by atoms with van der Waals surface area (Å²) in [5.41, 5.74) is 0. The fourth-order valence-electron chi connectivity index (χ4n) is 0.746. The minimum Gasteiger partial charge on any atom is -0.391 e. The first-order valence-corrected chi connectivity index (χ1v) is 4.33. The number of carbonyl (C=O) groups excluding carboxylic acids is 1. The second-order valence-electron chi connectivity index (χ2n) is 1.98. The Morgan fingerprint density at radius 1 is 1.45 bits per heavy atom. The van der Waals surface area contributed by atoms with Gasteiger partial charge < -0.3 is 5.11 Å². The largest absolute Gasteiger partial charge is 0.391 e. The lowest BCUT2D eigenvalue weighted by Crippen LogP contribution is -2.06. The van der Waals surface area contributed by atoms with Crippen molar-refractivity contribution in [2.75, 3.05) is 6.61 Å². The Labute approximate surface area is 63.8 Å². The Morgan fingerprint density at radius 2 is 2.09 bits per heavy atom. The second-order valence-corrected chi connectivity index (χ2v) is 3.98. The van der Waals surface area contributed by atoms with Crippen LogP contribution in [0.15, 0.2) is 22.0 Å². The first kappa shape index (κ1) is 8.16. The molecule has 0 fully saturated rings. The molecule has 0 amide bonds. The van der Waals surface area contributed by atoms with Gasteiger partial charge in [0.15, 0.2) is 6.29 Å². The minimum atomic E-state index is -3.62. The smallest absolute Gasteiger partial charge is 0.208 e. The van der Waals surface area contributed by atoms with E-state index in [1.807, 2.05) is 0 Å². The average Bonchev–Trinajstić information content (AvgIpc) is 2.24. The Hall–Kier alpha value is -0.940. The van der Waals surface area contributed by atoms with Gasteiger partial charge in [0.25, 0.3) is 0 Å². The molecular formula is C6H6O4S. The predicted molar refractivity (Wildman–Crippen MR) is 38.2 cm³/mol. The molecule has 0 saturated heterocycles. The molecule has 0 atom stereocenters. The standard InChI is InChI=1S/C6H6O4S/c7-3-5-1-2-6(4-8)11(5,9)10/h1-3,8H,4H2. The maximum Gasteiger partial charge on any atom is 0.208 e. The van der Waals surface area contributed by atoms with Gasteiger partial charge in [-0.05, 0) is 12.2 Å². The van der Waals surface area contributed by atoms with E-state index in [1.165, 1.54) is 12.2 Å². The summed E-state index contributed by atoms with van der Waals surface area (Å²) >= 11 is 0. The van der Waals surface area contributed by atoms with Crippen molar-refractivity contribution in [1.82, 2.24) is 0 Å². The van der Waals surface area contributed by atoms with Gasteiger partial charge in [-0.25, -0.2) is 8.42 Å². The average molecular weight is 174 g/mol. The number of hydrogen-bond donors (Lipinski definition) is 1. The number of aliphatic hydroxyl groups is 1. The summed E-state index contributed by atoms with van der Waals surface area (Å²) in [5.74, 6) is 0. The first-order valence-electron chi connectivity index (χ1n) is 2.85. The van der Waals surface area contributed by atoms with Crippen LogP contribution < -0.4 is 0 Å². The lowest BCUT2D eigenvalue weighted by Gasteiger charge is -1.96. The molecule has 5 heteroatoms. The van der Waals surface area contributed by atoms with Crippen molar-refractivity contribution >= 4 is 16.1 Å². The van der Waals surface area contributed by atoms with Crippen LogP contribution >= 0.6 is 0 Å². The van der Waals surface area contributed by atoms with Gasteiger partial charge in [0.1, 0.15) is 4.91 Å². The molecule has 0 aromatic rings. The van der Waals surface area contributed by atoms with Crippen LogP contribution in [0.2, 0.25) is 0 Å². The van der Waals surface area contributed by atoms with E-state index in [-0.39, 0.29) is 16.1 Å². The Balaban J connectivity index is 3.15. The van der Waals surface area contributed by atoms with E-state index in [4.69, 9.17) is 5.11 Å². The van der Waals surface area contributed by atoms with Gasteiger partial charge in [0.2, 0.25) is 9.84 Å². The van der Waals surface area contributed by atoms with Crippen LogP contribution in [0, 0.1) is 0 Å². The fourth-order valence-corrected chi connectivity index (χ4v) is 1.84. The van der Waals surface area contributed by atoms with Crippen molar-refractivity contribution in [3.8, 4) is 0 Å². The van der Waals surface area contributed by atoms with E-state index in [2.05, 4.69) is 0 Å². The number of allylic oxidation sites excluding steroid dienone is 3. The van der Waals surface area contributed by atoms with E-state index in [1.54, 1.807) is 0 Å². The van der Waals surface area contributed by atoms with Gasteiger partial charge in [0.05, 0.1) is 11.5 Å². The van der Waals surface area contributed by atoms with Gasteiger partial charge in [-0.1, -0.05) is 0 Å². The third kappa shape index (κ3) is 1.12. The van der Waals surface area contributed by atoms with Crippen molar-refractivity contribution < 1.29 is 18.3 Å². The first-order chi connectivity index (χ1) is 5.12. The lowest BCUT2D eigenvalue weighted by atomic mass is 10.4. The second kappa shape index (κ2) is 2.60. The molecular weight excluding hydrogens is 168 g/mol. The molecule has 60 valence electrons. The Bertz CT molecular complexity index is 334. The van der Waals surface area contributed by atoms with E-state index < -0.39 is 16.4 Å². The molecule has 0 bridgehead atoms. The molecule has 4 nitrogen and oxygen atoms in total. The van der Waals surface area contributed by atoms with Crippen LogP contribution in [-0.2, 0) is 14.6 Å². The Morgan fingerprint density at radius 3 is 2.36 bits per heavy atom. The summed E-state index contributed by atoms with van der Waals surface area (Å²) in [5, 5.41) is 8.52. The molecule has 0 radical (unpaired) electrons. The van der Waals surface area contributed by atoms with Crippen molar-refractivity contribution in [3.05, 3.63) is 22.0 Å². The van der Waals surface area contributed by atoms with Crippen molar-refractivity contribution in [3.63, 3.8) is 0 Å². The van der Waals surface area contributed by atoms with Crippen LogP contribution in [0.1, 0.15) is 0 Å². The number of aliphatic hydroxyl groups excluding tert-OH is 1. The summed E-state index contributed by atoms with van der Waals surface area (Å²) in [7, 11) is -3.62. The van der Waals surface area contributed by atoms with Crippen LogP contribution in [-0.4, -0.2) is 26.4 Å². The molecule has 0 unspecified atom stereocenters. The molecule has 0 aromatic heterocycles. The summed E-state index contributed by atoms with van der Waals surface area (Å²) in [6, 6.07) is 0. The fraction of sp³-hybridized carbons (Fsp3) is 0.167. The molecule has 0 aromatic carbocycles. The molecule has 0 saturated carbocycles. The molecule has 1 aliphatic rings. The summed E-state index contributed by atoms with van der Waals surface area (Å²) in [6.07, 6.45) is 2.65. The van der Waals surface area contributed by atoms with Crippen LogP contribution in [0.5, 0.6) is 0 Å². The van der Waals surface area contributed by atoms with Crippen LogP contribution in [0.4, 0.5) is 0 Å². The number of rotatable bonds is 2. The van der Waals surface area contributed by atoms with Crippen LogP contribution in [0.3, 0.4) is 0 Å². The number of carbonyl (C=O) groups is 1. The normalized spacial score (nSPS) is 20.8. The molecule has 1 aliphatic heterocycles. The molecule has 1 N–H and O–H groups in total. The maximum atomic E-state index is 11.0. The van der Waals surface area contributed by atoms with Crippen molar-refractivity contribution in [1.29, 1.82) is 0 Å². The zero-order valence-electron chi connectivity index (χ0n) is 5.52. The topological polar surface area (TPSA) is 71.4 Å². The maximum absolute atomic E-state index is 11.0. The molecule has 1 rings (SSSR count). The third-order valence-corrected chi connectivity index (χ3v) is 3.17. The monoisotopic (exact) mass is 174 g/mol. The van der Waals surface area contributed by atoms with Gasteiger partial charge in [-0.3, -0.25) is 4.79 Å². The zero-order chi connectivity index (χ0) is 8.48. The lowest BCUT2D eigenvalue weighted by molar-refractivity contribution is -0.104. The van der Waals surface area contributed by atoms with E-state index in [0.29, 0.717) is 0 Å². The highest BCUT2D eigenvalue weighted by Crippen LogP contribution is 2.21. The zero-order valence-corrected chi connectivity index (χ0v) is 6.34. The van der Waals surface area contributed by atoms with E-state index in [0.717, 1.165) is 0 Å². The molecule has 0 aliphatic carbocycles. The number of sulfone groups is 1.